The van der Waals surface area contributed by atoms with Crippen LogP contribution in [-0.4, -0.2) is 9.97 Å². The zero-order valence-corrected chi connectivity index (χ0v) is 19.8. The fraction of sp³-hybridized carbons (Fsp3) is 0. The summed E-state index contributed by atoms with van der Waals surface area (Å²) in [6.45, 7) is 0. The van der Waals surface area contributed by atoms with Gasteiger partial charge in [-0.2, -0.15) is 0 Å². The molecule has 172 valence electrons. The van der Waals surface area contributed by atoms with Crippen LogP contribution >= 0.6 is 0 Å². The highest BCUT2D eigenvalue weighted by Gasteiger charge is 2.14. The number of aromatic nitrogens is 2. The van der Waals surface area contributed by atoms with E-state index in [0.29, 0.717) is 0 Å². The predicted octanol–water partition coefficient (Wildman–Crippen LogP) is 9.17. The highest BCUT2D eigenvalue weighted by Crippen LogP contribution is 2.37. The van der Waals surface area contributed by atoms with Crippen molar-refractivity contribution >= 4 is 54.4 Å². The van der Waals surface area contributed by atoms with Gasteiger partial charge in [-0.15, -0.1) is 0 Å². The molecular formula is C34H20N2O. The maximum absolute atomic E-state index is 6.30. The fourth-order valence-electron chi connectivity index (χ4n) is 5.53. The highest BCUT2D eigenvalue weighted by molar-refractivity contribution is 6.19. The predicted molar refractivity (Wildman–Crippen MR) is 153 cm³/mol. The average Bonchev–Trinajstić information content (AvgIpc) is 3.35. The molecule has 0 bridgehead atoms. The number of furan rings is 1. The molecule has 0 aliphatic heterocycles. The van der Waals surface area contributed by atoms with E-state index < -0.39 is 0 Å². The molecule has 5 aromatic carbocycles. The lowest BCUT2D eigenvalue weighted by Crippen LogP contribution is -1.93. The van der Waals surface area contributed by atoms with Crippen molar-refractivity contribution in [2.24, 2.45) is 0 Å². The van der Waals surface area contributed by atoms with Gasteiger partial charge in [-0.05, 0) is 52.6 Å². The van der Waals surface area contributed by atoms with E-state index in [-0.39, 0.29) is 0 Å². The molecule has 0 radical (unpaired) electrons. The quantitative estimate of drug-likeness (QED) is 0.235. The van der Waals surface area contributed by atoms with Gasteiger partial charge in [-0.3, -0.25) is 0 Å². The minimum atomic E-state index is 0.857. The first-order chi connectivity index (χ1) is 18.3. The summed E-state index contributed by atoms with van der Waals surface area (Å²) in [4.78, 5) is 10.1. The Labute approximate surface area is 212 Å². The molecule has 37 heavy (non-hydrogen) atoms. The molecular weight excluding hydrogens is 452 g/mol. The molecule has 0 aliphatic carbocycles. The number of hydrogen-bond acceptors (Lipinski definition) is 3. The van der Waals surface area contributed by atoms with Crippen molar-refractivity contribution in [1.29, 1.82) is 0 Å². The molecule has 3 nitrogen and oxygen atoms in total. The smallest absolute Gasteiger partial charge is 0.136 e. The molecule has 3 heteroatoms. The van der Waals surface area contributed by atoms with E-state index in [9.17, 15) is 0 Å². The minimum absolute atomic E-state index is 0.857. The third-order valence-corrected chi connectivity index (χ3v) is 7.26. The van der Waals surface area contributed by atoms with Gasteiger partial charge in [0.05, 0.1) is 22.6 Å². The van der Waals surface area contributed by atoms with Crippen LogP contribution in [0.3, 0.4) is 0 Å². The molecule has 0 N–H and O–H groups in total. The van der Waals surface area contributed by atoms with Crippen LogP contribution in [0.25, 0.3) is 77.0 Å². The molecule has 0 fully saturated rings. The molecule has 8 rings (SSSR count). The first kappa shape index (κ1) is 20.2. The zero-order valence-electron chi connectivity index (χ0n) is 19.8. The van der Waals surface area contributed by atoms with Crippen molar-refractivity contribution in [2.45, 2.75) is 0 Å². The Bertz CT molecular complexity index is 2160. The van der Waals surface area contributed by atoms with Crippen LogP contribution in [0.15, 0.2) is 126 Å². The monoisotopic (exact) mass is 472 g/mol. The third kappa shape index (κ3) is 3.08. The van der Waals surface area contributed by atoms with E-state index in [4.69, 9.17) is 14.4 Å². The Morgan fingerprint density at radius 2 is 1.22 bits per heavy atom. The molecule has 0 unspecified atom stereocenters. The number of fused-ring (bicyclic) bond motifs is 8. The summed E-state index contributed by atoms with van der Waals surface area (Å²) in [6.07, 6.45) is 0. The number of nitrogens with zero attached hydrogens (tertiary/aromatic N) is 2. The van der Waals surface area contributed by atoms with E-state index >= 15 is 0 Å². The number of para-hydroxylation sites is 1. The molecule has 0 saturated carbocycles. The van der Waals surface area contributed by atoms with Gasteiger partial charge in [-0.1, -0.05) is 84.9 Å². The summed E-state index contributed by atoms with van der Waals surface area (Å²) in [5.74, 6) is 0. The standard InChI is InChI=1S/C34H20N2O/c1-2-9-23-21(8-1)17-19-31-33(23)27-18-16-22(20-32(27)37-31)28-14-7-15-30(35-28)34-26-12-4-3-10-24(26)25-11-5-6-13-29(25)36-34/h1-20H. The topological polar surface area (TPSA) is 38.9 Å². The van der Waals surface area contributed by atoms with Crippen LogP contribution in [0.4, 0.5) is 0 Å². The Morgan fingerprint density at radius 3 is 2.14 bits per heavy atom. The molecule has 0 saturated heterocycles. The van der Waals surface area contributed by atoms with Gasteiger partial charge < -0.3 is 4.42 Å². The number of rotatable bonds is 2. The lowest BCUT2D eigenvalue weighted by atomic mass is 10.0. The van der Waals surface area contributed by atoms with E-state index in [1.165, 1.54) is 16.2 Å². The van der Waals surface area contributed by atoms with Crippen molar-refractivity contribution in [2.75, 3.05) is 0 Å². The molecule has 3 heterocycles. The molecule has 0 atom stereocenters. The fourth-order valence-corrected chi connectivity index (χ4v) is 5.53. The van der Waals surface area contributed by atoms with Crippen LogP contribution < -0.4 is 0 Å². The van der Waals surface area contributed by atoms with Gasteiger partial charge in [0.2, 0.25) is 0 Å². The Hall–Kier alpha value is -5.02. The van der Waals surface area contributed by atoms with E-state index in [1.54, 1.807) is 0 Å². The van der Waals surface area contributed by atoms with Gasteiger partial charge in [0.25, 0.3) is 0 Å². The first-order valence-corrected chi connectivity index (χ1v) is 12.4. The SMILES string of the molecule is c1cc(-c2ccc3c(c2)oc2ccc4ccccc4c23)nc(-c2nc3ccccc3c3ccccc23)c1. The second kappa shape index (κ2) is 7.74. The summed E-state index contributed by atoms with van der Waals surface area (Å²) in [5, 5.41) is 8.15. The Balaban J connectivity index is 1.31. The summed E-state index contributed by atoms with van der Waals surface area (Å²) < 4.78 is 6.30. The van der Waals surface area contributed by atoms with E-state index in [1.807, 2.05) is 18.2 Å². The van der Waals surface area contributed by atoms with E-state index in [0.717, 1.165) is 60.9 Å². The maximum atomic E-state index is 6.30. The van der Waals surface area contributed by atoms with Crippen LogP contribution in [0.5, 0.6) is 0 Å². The third-order valence-electron chi connectivity index (χ3n) is 7.26. The van der Waals surface area contributed by atoms with Crippen molar-refractivity contribution in [3.8, 4) is 22.6 Å². The summed E-state index contributed by atoms with van der Waals surface area (Å²) in [6, 6.07) is 41.9. The summed E-state index contributed by atoms with van der Waals surface area (Å²) in [7, 11) is 0. The summed E-state index contributed by atoms with van der Waals surface area (Å²) in [5.41, 5.74) is 6.40. The molecule has 8 aromatic rings. The number of benzene rings is 5. The number of hydrogen-bond donors (Lipinski definition) is 0. The highest BCUT2D eigenvalue weighted by atomic mass is 16.3. The molecule has 0 amide bonds. The lowest BCUT2D eigenvalue weighted by Gasteiger charge is -2.10. The van der Waals surface area contributed by atoms with Crippen LogP contribution in [0.1, 0.15) is 0 Å². The Morgan fingerprint density at radius 1 is 0.459 bits per heavy atom. The van der Waals surface area contributed by atoms with Crippen LogP contribution in [0.2, 0.25) is 0 Å². The van der Waals surface area contributed by atoms with Crippen LogP contribution in [0, 0.1) is 0 Å². The molecule has 3 aromatic heterocycles. The first-order valence-electron chi connectivity index (χ1n) is 12.4. The summed E-state index contributed by atoms with van der Waals surface area (Å²) >= 11 is 0. The van der Waals surface area contributed by atoms with Crippen molar-refractivity contribution < 1.29 is 4.42 Å². The lowest BCUT2D eigenvalue weighted by molar-refractivity contribution is 0.669. The van der Waals surface area contributed by atoms with Crippen LogP contribution in [-0.2, 0) is 0 Å². The van der Waals surface area contributed by atoms with Gasteiger partial charge in [0.1, 0.15) is 11.2 Å². The van der Waals surface area contributed by atoms with Crippen molar-refractivity contribution in [3.63, 3.8) is 0 Å². The van der Waals surface area contributed by atoms with Gasteiger partial charge in [0, 0.05) is 27.1 Å². The maximum Gasteiger partial charge on any atom is 0.136 e. The normalized spacial score (nSPS) is 11.8. The van der Waals surface area contributed by atoms with Gasteiger partial charge in [0.15, 0.2) is 0 Å². The van der Waals surface area contributed by atoms with E-state index in [2.05, 4.69) is 103 Å². The van der Waals surface area contributed by atoms with Crippen molar-refractivity contribution in [1.82, 2.24) is 9.97 Å². The van der Waals surface area contributed by atoms with Gasteiger partial charge >= 0.3 is 0 Å². The molecule has 0 aliphatic rings. The molecule has 0 spiro atoms. The minimum Gasteiger partial charge on any atom is -0.456 e. The second-order valence-electron chi connectivity index (χ2n) is 9.40. The zero-order chi connectivity index (χ0) is 24.3. The average molecular weight is 473 g/mol. The second-order valence-corrected chi connectivity index (χ2v) is 9.40. The van der Waals surface area contributed by atoms with Crippen molar-refractivity contribution in [3.05, 3.63) is 121 Å². The number of pyridine rings is 2. The Kier molecular flexibility index (Phi) is 4.23. The van der Waals surface area contributed by atoms with Gasteiger partial charge in [-0.25, -0.2) is 9.97 Å². The largest absolute Gasteiger partial charge is 0.456 e.